The van der Waals surface area contributed by atoms with Gasteiger partial charge in [-0.2, -0.15) is 12.6 Å². The summed E-state index contributed by atoms with van der Waals surface area (Å²) < 4.78 is 16.2. The number of carbonyl (C=O) groups is 3. The van der Waals surface area contributed by atoms with E-state index in [0.29, 0.717) is 23.4 Å². The van der Waals surface area contributed by atoms with Gasteiger partial charge in [-0.3, -0.25) is 14.9 Å². The molecule has 9 heteroatoms. The molecule has 2 aromatic rings. The normalized spacial score (nSPS) is 12.4. The van der Waals surface area contributed by atoms with E-state index in [1.807, 2.05) is 6.92 Å². The summed E-state index contributed by atoms with van der Waals surface area (Å²) in [5.41, 5.74) is 1.77. The van der Waals surface area contributed by atoms with Gasteiger partial charge in [0.05, 0.1) is 19.0 Å². The predicted octanol–water partition coefficient (Wildman–Crippen LogP) is 4.05. The van der Waals surface area contributed by atoms with Crippen LogP contribution in [0.2, 0.25) is 0 Å². The van der Waals surface area contributed by atoms with Gasteiger partial charge < -0.3 is 19.3 Å². The van der Waals surface area contributed by atoms with E-state index >= 15 is 0 Å². The first-order valence-electron chi connectivity index (χ1n) is 10.5. The van der Waals surface area contributed by atoms with Gasteiger partial charge in [0.25, 0.3) is 0 Å². The third-order valence-electron chi connectivity index (χ3n) is 4.82. The summed E-state index contributed by atoms with van der Waals surface area (Å²) >= 11 is 3.88. The van der Waals surface area contributed by atoms with Gasteiger partial charge in [-0.15, -0.1) is 0 Å². The fraction of sp³-hybridized carbons (Fsp3) is 0.375. The van der Waals surface area contributed by atoms with Crippen LogP contribution in [0, 0.1) is 5.92 Å². The fourth-order valence-corrected chi connectivity index (χ4v) is 3.13. The number of hydrogen-bond donors (Lipinski definition) is 3. The van der Waals surface area contributed by atoms with Crippen LogP contribution in [0.3, 0.4) is 0 Å². The number of nitrogens with one attached hydrogen (secondary N) is 1. The van der Waals surface area contributed by atoms with E-state index < -0.39 is 18.2 Å². The first-order chi connectivity index (χ1) is 15.8. The SMILES string of the molecule is CC(=O)c1ccc(NC(=O)O[C@H](c2ccc(OCCO)cc2)[C@@H](C)CCOC(=O)CS)cc1. The Morgan fingerprint density at radius 3 is 2.27 bits per heavy atom. The molecule has 8 nitrogen and oxygen atoms in total. The number of aliphatic hydroxyl groups is 1. The van der Waals surface area contributed by atoms with Crippen LogP contribution in [0.5, 0.6) is 5.75 Å². The van der Waals surface area contributed by atoms with E-state index in [4.69, 9.17) is 19.3 Å². The quantitative estimate of drug-likeness (QED) is 0.241. The molecule has 0 unspecified atom stereocenters. The molecule has 0 bridgehead atoms. The number of amides is 1. The van der Waals surface area contributed by atoms with Crippen molar-refractivity contribution in [3.05, 3.63) is 59.7 Å². The Bertz CT molecular complexity index is 915. The molecule has 2 aromatic carbocycles. The summed E-state index contributed by atoms with van der Waals surface area (Å²) in [4.78, 5) is 35.4. The monoisotopic (exact) mass is 475 g/mol. The number of carbonyl (C=O) groups excluding carboxylic acids is 3. The number of anilines is 1. The van der Waals surface area contributed by atoms with E-state index in [2.05, 4.69) is 17.9 Å². The predicted molar refractivity (Wildman–Crippen MR) is 127 cm³/mol. The fourth-order valence-electron chi connectivity index (χ4n) is 3.04. The molecule has 1 amide bonds. The lowest BCUT2D eigenvalue weighted by Crippen LogP contribution is -2.23. The molecule has 33 heavy (non-hydrogen) atoms. The molecule has 178 valence electrons. The van der Waals surface area contributed by atoms with Crippen molar-refractivity contribution >= 4 is 36.2 Å². The lowest BCUT2D eigenvalue weighted by Gasteiger charge is -2.25. The summed E-state index contributed by atoms with van der Waals surface area (Å²) in [7, 11) is 0. The van der Waals surface area contributed by atoms with Gasteiger partial charge in [0.2, 0.25) is 0 Å². The number of rotatable bonds is 12. The van der Waals surface area contributed by atoms with E-state index in [1.165, 1.54) is 6.92 Å². The first kappa shape index (κ1) is 26.2. The van der Waals surface area contributed by atoms with E-state index in [-0.39, 0.29) is 37.3 Å². The Hall–Kier alpha value is -3.04. The van der Waals surface area contributed by atoms with Crippen molar-refractivity contribution in [2.24, 2.45) is 5.92 Å². The Labute approximate surface area is 198 Å². The second-order valence-corrected chi connectivity index (χ2v) is 7.69. The minimum atomic E-state index is -0.657. The maximum absolute atomic E-state index is 12.6. The van der Waals surface area contributed by atoms with Gasteiger partial charge >= 0.3 is 12.1 Å². The zero-order chi connectivity index (χ0) is 24.2. The number of ether oxygens (including phenoxy) is 3. The summed E-state index contributed by atoms with van der Waals surface area (Å²) in [5, 5.41) is 11.6. The van der Waals surface area contributed by atoms with Gasteiger partial charge in [-0.05, 0) is 55.3 Å². The Balaban J connectivity index is 2.10. The highest BCUT2D eigenvalue weighted by Crippen LogP contribution is 2.30. The van der Waals surface area contributed by atoms with Crippen molar-refractivity contribution in [1.82, 2.24) is 0 Å². The van der Waals surface area contributed by atoms with Crippen LogP contribution in [0.15, 0.2) is 48.5 Å². The average Bonchev–Trinajstić information content (AvgIpc) is 2.81. The molecule has 2 atom stereocenters. The first-order valence-corrected chi connectivity index (χ1v) is 11.2. The number of benzene rings is 2. The van der Waals surface area contributed by atoms with Gasteiger partial charge in [0.1, 0.15) is 18.5 Å². The molecular weight excluding hydrogens is 446 g/mol. The van der Waals surface area contributed by atoms with Crippen LogP contribution in [-0.4, -0.2) is 48.5 Å². The van der Waals surface area contributed by atoms with Crippen LogP contribution in [0.1, 0.15) is 42.3 Å². The highest BCUT2D eigenvalue weighted by Gasteiger charge is 2.24. The molecule has 0 aliphatic rings. The number of Topliss-reactive ketones (excluding diaryl/α,β-unsaturated/α-hetero) is 1. The molecule has 0 saturated heterocycles. The third-order valence-corrected chi connectivity index (χ3v) is 5.08. The minimum absolute atomic E-state index is 0.00552. The molecule has 2 rings (SSSR count). The second-order valence-electron chi connectivity index (χ2n) is 7.37. The van der Waals surface area contributed by atoms with Crippen LogP contribution in [-0.2, 0) is 14.3 Å². The lowest BCUT2D eigenvalue weighted by molar-refractivity contribution is -0.141. The molecule has 0 aromatic heterocycles. The van der Waals surface area contributed by atoms with E-state index in [0.717, 1.165) is 5.56 Å². The molecule has 0 aliphatic heterocycles. The van der Waals surface area contributed by atoms with Crippen LogP contribution < -0.4 is 10.1 Å². The number of aliphatic hydroxyl groups excluding tert-OH is 1. The number of thiol groups is 1. The maximum Gasteiger partial charge on any atom is 0.412 e. The topological polar surface area (TPSA) is 111 Å². The second kappa shape index (κ2) is 13.5. The summed E-state index contributed by atoms with van der Waals surface area (Å²) in [6.45, 7) is 3.62. The van der Waals surface area contributed by atoms with E-state index in [1.54, 1.807) is 48.5 Å². The highest BCUT2D eigenvalue weighted by molar-refractivity contribution is 7.81. The Morgan fingerprint density at radius 1 is 1.03 bits per heavy atom. The number of esters is 1. The largest absolute Gasteiger partial charge is 0.491 e. The molecule has 0 radical (unpaired) electrons. The Morgan fingerprint density at radius 2 is 1.70 bits per heavy atom. The van der Waals surface area contributed by atoms with Crippen LogP contribution >= 0.6 is 12.6 Å². The van der Waals surface area contributed by atoms with Gasteiger partial charge in [-0.1, -0.05) is 19.1 Å². The van der Waals surface area contributed by atoms with Crippen molar-refractivity contribution in [2.75, 3.05) is 30.9 Å². The minimum Gasteiger partial charge on any atom is -0.491 e. The summed E-state index contributed by atoms with van der Waals surface area (Å²) in [6, 6.07) is 13.5. The molecule has 0 saturated carbocycles. The van der Waals surface area contributed by atoms with Crippen molar-refractivity contribution < 1.29 is 33.7 Å². The van der Waals surface area contributed by atoms with Crippen molar-refractivity contribution in [1.29, 1.82) is 0 Å². The standard InChI is InChI=1S/C24H29NO7S/c1-16(11-13-31-22(28)15-33)23(19-5-9-21(10-6-19)30-14-12-26)32-24(29)25-20-7-3-18(4-8-20)17(2)27/h3-10,16,23,26,33H,11-15H2,1-2H3,(H,25,29)/t16-,23-/m0/s1. The summed E-state index contributed by atoms with van der Waals surface area (Å²) in [5.74, 6) is -0.0816. The van der Waals surface area contributed by atoms with Crippen LogP contribution in [0.25, 0.3) is 0 Å². The molecular formula is C24H29NO7S. The molecule has 0 spiro atoms. The van der Waals surface area contributed by atoms with E-state index in [9.17, 15) is 14.4 Å². The zero-order valence-electron chi connectivity index (χ0n) is 18.7. The third kappa shape index (κ3) is 8.78. The zero-order valence-corrected chi connectivity index (χ0v) is 19.5. The van der Waals surface area contributed by atoms with Crippen LogP contribution in [0.4, 0.5) is 10.5 Å². The average molecular weight is 476 g/mol. The van der Waals surface area contributed by atoms with Crippen molar-refractivity contribution in [2.45, 2.75) is 26.4 Å². The van der Waals surface area contributed by atoms with Crippen molar-refractivity contribution in [3.8, 4) is 5.75 Å². The smallest absolute Gasteiger partial charge is 0.412 e. The molecule has 0 fully saturated rings. The summed E-state index contributed by atoms with van der Waals surface area (Å²) in [6.07, 6.45) is -0.813. The highest BCUT2D eigenvalue weighted by atomic mass is 32.1. The molecule has 0 aliphatic carbocycles. The van der Waals surface area contributed by atoms with Crippen molar-refractivity contribution in [3.63, 3.8) is 0 Å². The Kier molecular flexibility index (Phi) is 10.7. The van der Waals surface area contributed by atoms with Gasteiger partial charge in [0.15, 0.2) is 5.78 Å². The molecule has 0 heterocycles. The lowest BCUT2D eigenvalue weighted by atomic mass is 9.94. The van der Waals surface area contributed by atoms with Gasteiger partial charge in [0, 0.05) is 17.2 Å². The van der Waals surface area contributed by atoms with Gasteiger partial charge in [-0.25, -0.2) is 4.79 Å². The molecule has 2 N–H and O–H groups in total. The maximum atomic E-state index is 12.6. The number of ketones is 1. The number of hydrogen-bond acceptors (Lipinski definition) is 8.